The van der Waals surface area contributed by atoms with E-state index in [1.54, 1.807) is 0 Å². The fourth-order valence-electron chi connectivity index (χ4n) is 2.60. The molecule has 0 fully saturated rings. The second-order valence-corrected chi connectivity index (χ2v) is 7.32. The Morgan fingerprint density at radius 1 is 0.833 bits per heavy atom. The highest BCUT2D eigenvalue weighted by Crippen LogP contribution is 2.23. The third kappa shape index (κ3) is 6.01. The summed E-state index contributed by atoms with van der Waals surface area (Å²) in [5.74, 6) is 0. The van der Waals surface area contributed by atoms with E-state index in [1.807, 2.05) is 18.2 Å². The summed E-state index contributed by atoms with van der Waals surface area (Å²) in [6.45, 7) is 2.08. The minimum atomic E-state index is 0.692. The van der Waals surface area contributed by atoms with Gasteiger partial charge in [0.15, 0.2) is 0 Å². The van der Waals surface area contributed by atoms with Crippen LogP contribution in [-0.2, 0) is 12.8 Å². The first-order chi connectivity index (χ1) is 11.5. The molecule has 2 aromatic carbocycles. The molecule has 2 nitrogen and oxygen atoms in total. The van der Waals surface area contributed by atoms with Crippen LogP contribution in [0.3, 0.4) is 0 Å². The first-order valence-corrected chi connectivity index (χ1v) is 9.10. The number of nitrogens with zero attached hydrogens (tertiary/aromatic N) is 2. The van der Waals surface area contributed by atoms with Gasteiger partial charge in [0.25, 0.3) is 0 Å². The second-order valence-electron chi connectivity index (χ2n) is 6.48. The monoisotopic (exact) mass is 364 g/mol. The minimum absolute atomic E-state index is 0.692. The highest BCUT2D eigenvalue weighted by atomic mass is 35.5. The molecule has 0 spiro atoms. The summed E-state index contributed by atoms with van der Waals surface area (Å²) in [6, 6.07) is 14.6. The van der Waals surface area contributed by atoms with Gasteiger partial charge in [-0.2, -0.15) is 0 Å². The summed E-state index contributed by atoms with van der Waals surface area (Å²) < 4.78 is 0. The van der Waals surface area contributed by atoms with Crippen LogP contribution >= 0.6 is 23.2 Å². The zero-order valence-corrected chi connectivity index (χ0v) is 16.2. The standard InChI is InChI=1S/C20H26Cl2N2/c1-23(2)13-14-24(3)19-11-7-16(8-12-19)5-4-6-17-9-10-18(21)15-20(17)22/h7-12,15H,4-6,13-14H2,1-3H3. The number of hydrogen-bond donors (Lipinski definition) is 0. The average Bonchev–Trinajstić information content (AvgIpc) is 2.55. The lowest BCUT2D eigenvalue weighted by Crippen LogP contribution is -2.28. The van der Waals surface area contributed by atoms with E-state index in [0.717, 1.165) is 37.4 Å². The summed E-state index contributed by atoms with van der Waals surface area (Å²) in [5.41, 5.74) is 3.80. The smallest absolute Gasteiger partial charge is 0.0452 e. The number of likely N-dealkylation sites (N-methyl/N-ethyl adjacent to an activating group) is 2. The summed E-state index contributed by atoms with van der Waals surface area (Å²) in [5, 5.41) is 1.46. The van der Waals surface area contributed by atoms with Gasteiger partial charge >= 0.3 is 0 Å². The van der Waals surface area contributed by atoms with Crippen molar-refractivity contribution in [2.45, 2.75) is 19.3 Å². The Morgan fingerprint density at radius 2 is 1.54 bits per heavy atom. The number of benzene rings is 2. The van der Waals surface area contributed by atoms with E-state index in [2.05, 4.69) is 55.2 Å². The molecule has 2 rings (SSSR count). The molecule has 4 heteroatoms. The van der Waals surface area contributed by atoms with Crippen LogP contribution in [0.25, 0.3) is 0 Å². The Kier molecular flexibility index (Phi) is 7.41. The molecule has 130 valence electrons. The molecule has 0 aliphatic carbocycles. The molecule has 0 bridgehead atoms. The summed E-state index contributed by atoms with van der Waals surface area (Å²) in [4.78, 5) is 4.49. The maximum atomic E-state index is 6.23. The van der Waals surface area contributed by atoms with Crippen LogP contribution in [0.1, 0.15) is 17.5 Å². The minimum Gasteiger partial charge on any atom is -0.373 e. The van der Waals surface area contributed by atoms with Gasteiger partial charge in [-0.25, -0.2) is 0 Å². The second kappa shape index (κ2) is 9.31. The molecule has 0 saturated heterocycles. The Bertz CT molecular complexity index is 639. The molecular formula is C20H26Cl2N2. The van der Waals surface area contributed by atoms with E-state index in [1.165, 1.54) is 16.8 Å². The van der Waals surface area contributed by atoms with Gasteiger partial charge in [-0.3, -0.25) is 0 Å². The first kappa shape index (κ1) is 19.1. The van der Waals surface area contributed by atoms with E-state index in [-0.39, 0.29) is 0 Å². The van der Waals surface area contributed by atoms with Crippen LogP contribution in [0.5, 0.6) is 0 Å². The van der Waals surface area contributed by atoms with Gasteiger partial charge in [0.2, 0.25) is 0 Å². The van der Waals surface area contributed by atoms with Crippen LogP contribution in [-0.4, -0.2) is 39.1 Å². The molecule has 0 unspecified atom stereocenters. The van der Waals surface area contributed by atoms with Crippen molar-refractivity contribution in [1.29, 1.82) is 0 Å². The van der Waals surface area contributed by atoms with Crippen LogP contribution in [0.15, 0.2) is 42.5 Å². The molecule has 0 aliphatic heterocycles. The summed E-state index contributed by atoms with van der Waals surface area (Å²) >= 11 is 12.2. The average molecular weight is 365 g/mol. The topological polar surface area (TPSA) is 6.48 Å². The summed E-state index contributed by atoms with van der Waals surface area (Å²) in [7, 11) is 6.34. The van der Waals surface area contributed by atoms with E-state index < -0.39 is 0 Å². The Morgan fingerprint density at radius 3 is 2.17 bits per heavy atom. The van der Waals surface area contributed by atoms with Crippen LogP contribution in [0.4, 0.5) is 5.69 Å². The van der Waals surface area contributed by atoms with Crippen molar-refractivity contribution >= 4 is 28.9 Å². The number of rotatable bonds is 8. The maximum Gasteiger partial charge on any atom is 0.0452 e. The van der Waals surface area contributed by atoms with E-state index in [9.17, 15) is 0 Å². The number of aryl methyl sites for hydroxylation is 2. The van der Waals surface area contributed by atoms with Gasteiger partial charge in [-0.15, -0.1) is 0 Å². The molecule has 0 aromatic heterocycles. The van der Waals surface area contributed by atoms with Gasteiger partial charge in [-0.1, -0.05) is 41.4 Å². The van der Waals surface area contributed by atoms with Gasteiger partial charge in [0.05, 0.1) is 0 Å². The van der Waals surface area contributed by atoms with Crippen molar-refractivity contribution < 1.29 is 0 Å². The fraction of sp³-hybridized carbons (Fsp3) is 0.400. The molecule has 0 heterocycles. The molecule has 24 heavy (non-hydrogen) atoms. The Balaban J connectivity index is 1.83. The third-order valence-corrected chi connectivity index (χ3v) is 4.77. The van der Waals surface area contributed by atoms with E-state index in [0.29, 0.717) is 5.02 Å². The number of halogens is 2. The lowest BCUT2D eigenvalue weighted by atomic mass is 10.0. The molecule has 0 radical (unpaired) electrons. The van der Waals surface area contributed by atoms with E-state index >= 15 is 0 Å². The SMILES string of the molecule is CN(C)CCN(C)c1ccc(CCCc2ccc(Cl)cc2Cl)cc1. The zero-order chi connectivity index (χ0) is 17.5. The normalized spacial score (nSPS) is 11.1. The zero-order valence-electron chi connectivity index (χ0n) is 14.7. The largest absolute Gasteiger partial charge is 0.373 e. The Labute approximate surface area is 156 Å². The van der Waals surface area contributed by atoms with Gasteiger partial charge < -0.3 is 9.80 Å². The highest BCUT2D eigenvalue weighted by molar-refractivity contribution is 6.35. The van der Waals surface area contributed by atoms with Crippen molar-refractivity contribution in [1.82, 2.24) is 4.90 Å². The van der Waals surface area contributed by atoms with Crippen LogP contribution in [0, 0.1) is 0 Å². The van der Waals surface area contributed by atoms with Crippen LogP contribution in [0.2, 0.25) is 10.0 Å². The lowest BCUT2D eigenvalue weighted by Gasteiger charge is -2.21. The molecule has 0 saturated carbocycles. The summed E-state index contributed by atoms with van der Waals surface area (Å²) in [6.07, 6.45) is 3.11. The maximum absolute atomic E-state index is 6.23. The molecule has 0 N–H and O–H groups in total. The molecular weight excluding hydrogens is 339 g/mol. The van der Waals surface area contributed by atoms with Crippen molar-refractivity contribution in [3.05, 3.63) is 63.6 Å². The molecule has 0 atom stereocenters. The highest BCUT2D eigenvalue weighted by Gasteiger charge is 2.04. The Hall–Kier alpha value is -1.22. The number of anilines is 1. The first-order valence-electron chi connectivity index (χ1n) is 8.34. The molecule has 0 amide bonds. The third-order valence-electron chi connectivity index (χ3n) is 4.19. The fourth-order valence-corrected chi connectivity index (χ4v) is 3.11. The predicted molar refractivity (Wildman–Crippen MR) is 107 cm³/mol. The van der Waals surface area contributed by atoms with Gasteiger partial charge in [0, 0.05) is 35.9 Å². The van der Waals surface area contributed by atoms with Crippen molar-refractivity contribution in [3.63, 3.8) is 0 Å². The van der Waals surface area contributed by atoms with Gasteiger partial charge in [0.1, 0.15) is 0 Å². The van der Waals surface area contributed by atoms with E-state index in [4.69, 9.17) is 23.2 Å². The predicted octanol–water partition coefficient (Wildman–Crippen LogP) is 5.17. The van der Waals surface area contributed by atoms with Crippen LogP contribution < -0.4 is 4.90 Å². The number of hydrogen-bond acceptors (Lipinski definition) is 2. The van der Waals surface area contributed by atoms with Gasteiger partial charge in [-0.05, 0) is 68.8 Å². The quantitative estimate of drug-likeness (QED) is 0.637. The lowest BCUT2D eigenvalue weighted by molar-refractivity contribution is 0.416. The van der Waals surface area contributed by atoms with Crippen molar-refractivity contribution in [2.24, 2.45) is 0 Å². The van der Waals surface area contributed by atoms with Crippen molar-refractivity contribution in [2.75, 3.05) is 39.1 Å². The van der Waals surface area contributed by atoms with Crippen molar-refractivity contribution in [3.8, 4) is 0 Å². The molecule has 2 aromatic rings. The molecule has 0 aliphatic rings.